The summed E-state index contributed by atoms with van der Waals surface area (Å²) in [7, 11) is 0. The predicted octanol–water partition coefficient (Wildman–Crippen LogP) is 3.17. The first-order valence-electron chi connectivity index (χ1n) is 5.20. The molecular formula is C13H12F2N2. The third-order valence-corrected chi connectivity index (χ3v) is 2.37. The molecule has 0 saturated heterocycles. The number of anilines is 2. The summed E-state index contributed by atoms with van der Waals surface area (Å²) >= 11 is 0. The molecule has 0 unspecified atom stereocenters. The van der Waals surface area contributed by atoms with E-state index in [0.717, 1.165) is 0 Å². The van der Waals surface area contributed by atoms with Gasteiger partial charge in [-0.1, -0.05) is 12.1 Å². The smallest absolute Gasteiger partial charge is 0.146 e. The summed E-state index contributed by atoms with van der Waals surface area (Å²) in [6, 6.07) is 10.5. The first kappa shape index (κ1) is 11.5. The van der Waals surface area contributed by atoms with Gasteiger partial charge < -0.3 is 11.1 Å². The molecule has 3 N–H and O–H groups in total. The Morgan fingerprint density at radius 3 is 2.53 bits per heavy atom. The molecule has 0 aliphatic carbocycles. The Bertz CT molecular complexity index is 527. The van der Waals surface area contributed by atoms with E-state index in [-0.39, 0.29) is 12.4 Å². The monoisotopic (exact) mass is 234 g/mol. The fraction of sp³-hybridized carbons (Fsp3) is 0.0769. The van der Waals surface area contributed by atoms with Gasteiger partial charge >= 0.3 is 0 Å². The van der Waals surface area contributed by atoms with Gasteiger partial charge in [0, 0.05) is 12.2 Å². The van der Waals surface area contributed by atoms with E-state index >= 15 is 0 Å². The molecule has 0 saturated carbocycles. The van der Waals surface area contributed by atoms with Gasteiger partial charge in [0.25, 0.3) is 0 Å². The first-order valence-corrected chi connectivity index (χ1v) is 5.20. The lowest BCUT2D eigenvalue weighted by Gasteiger charge is -2.08. The second-order valence-corrected chi connectivity index (χ2v) is 3.65. The van der Waals surface area contributed by atoms with Crippen molar-refractivity contribution in [2.75, 3.05) is 5.32 Å². The van der Waals surface area contributed by atoms with Gasteiger partial charge in [-0.15, -0.1) is 0 Å². The Kier molecular flexibility index (Phi) is 3.35. The molecule has 0 atom stereocenters. The Balaban J connectivity index is 2.24. The van der Waals surface area contributed by atoms with Crippen LogP contribution in [-0.4, -0.2) is 0 Å². The van der Waals surface area contributed by atoms with Crippen molar-refractivity contribution in [1.82, 2.24) is 0 Å². The lowest BCUT2D eigenvalue weighted by molar-refractivity contribution is 0.626. The summed E-state index contributed by atoms with van der Waals surface area (Å²) < 4.78 is 26.6. The summed E-state index contributed by atoms with van der Waals surface area (Å²) in [5.41, 5.74) is 6.92. The Morgan fingerprint density at radius 1 is 1.06 bits per heavy atom. The predicted molar refractivity (Wildman–Crippen MR) is 64.0 cm³/mol. The maximum Gasteiger partial charge on any atom is 0.146 e. The largest absolute Gasteiger partial charge is 0.353 e. The molecule has 2 aromatic rings. The van der Waals surface area contributed by atoms with Gasteiger partial charge in [-0.25, -0.2) is 8.78 Å². The zero-order valence-electron chi connectivity index (χ0n) is 9.08. The summed E-state index contributed by atoms with van der Waals surface area (Å²) in [6.07, 6.45) is 0. The SMILES string of the molecule is NCc1ccc(Nc2cccc(F)c2)c(F)c1. The quantitative estimate of drug-likeness (QED) is 0.856. The van der Waals surface area contributed by atoms with Crippen molar-refractivity contribution in [1.29, 1.82) is 0 Å². The van der Waals surface area contributed by atoms with E-state index in [4.69, 9.17) is 5.73 Å². The van der Waals surface area contributed by atoms with Crippen LogP contribution in [0.1, 0.15) is 5.56 Å². The topological polar surface area (TPSA) is 38.0 Å². The van der Waals surface area contributed by atoms with Crippen LogP contribution in [0.25, 0.3) is 0 Å². The zero-order chi connectivity index (χ0) is 12.3. The fourth-order valence-corrected chi connectivity index (χ4v) is 1.51. The Morgan fingerprint density at radius 2 is 1.88 bits per heavy atom. The summed E-state index contributed by atoms with van der Waals surface area (Å²) in [6.45, 7) is 0.289. The highest BCUT2D eigenvalue weighted by molar-refractivity contribution is 5.60. The van der Waals surface area contributed by atoms with Gasteiger partial charge in [0.2, 0.25) is 0 Å². The van der Waals surface area contributed by atoms with Crippen LogP contribution in [0.3, 0.4) is 0 Å². The van der Waals surface area contributed by atoms with E-state index in [0.29, 0.717) is 16.9 Å². The standard InChI is InChI=1S/C13H12F2N2/c14-10-2-1-3-11(7-10)17-13-5-4-9(8-16)6-12(13)15/h1-7,17H,8,16H2. The third kappa shape index (κ3) is 2.79. The number of nitrogens with two attached hydrogens (primary N) is 1. The van der Waals surface area contributed by atoms with Gasteiger partial charge in [0.05, 0.1) is 5.69 Å². The van der Waals surface area contributed by atoms with Crippen molar-refractivity contribution in [3.8, 4) is 0 Å². The normalized spacial score (nSPS) is 10.3. The van der Waals surface area contributed by atoms with Crippen LogP contribution in [0.4, 0.5) is 20.2 Å². The van der Waals surface area contributed by atoms with E-state index < -0.39 is 5.82 Å². The molecule has 0 aliphatic heterocycles. The maximum absolute atomic E-state index is 13.6. The van der Waals surface area contributed by atoms with Crippen LogP contribution in [0, 0.1) is 11.6 Å². The number of nitrogens with one attached hydrogen (secondary N) is 1. The molecule has 0 radical (unpaired) electrons. The number of benzene rings is 2. The second-order valence-electron chi connectivity index (χ2n) is 3.65. The molecule has 0 fully saturated rings. The highest BCUT2D eigenvalue weighted by Crippen LogP contribution is 2.21. The van der Waals surface area contributed by atoms with Crippen LogP contribution in [0.2, 0.25) is 0 Å². The Hall–Kier alpha value is -1.94. The van der Waals surface area contributed by atoms with Crippen molar-refractivity contribution in [3.05, 3.63) is 59.7 Å². The average molecular weight is 234 g/mol. The van der Waals surface area contributed by atoms with Crippen LogP contribution < -0.4 is 11.1 Å². The van der Waals surface area contributed by atoms with Crippen LogP contribution in [0.5, 0.6) is 0 Å². The minimum absolute atomic E-state index is 0.289. The number of hydrogen-bond donors (Lipinski definition) is 2. The van der Waals surface area contributed by atoms with E-state index in [1.807, 2.05) is 0 Å². The summed E-state index contributed by atoms with van der Waals surface area (Å²) in [4.78, 5) is 0. The molecule has 0 spiro atoms. The van der Waals surface area contributed by atoms with Crippen LogP contribution in [-0.2, 0) is 6.54 Å². The fourth-order valence-electron chi connectivity index (χ4n) is 1.51. The van der Waals surface area contributed by atoms with Crippen molar-refractivity contribution in [2.45, 2.75) is 6.54 Å². The lowest BCUT2D eigenvalue weighted by Crippen LogP contribution is -1.99. The molecule has 17 heavy (non-hydrogen) atoms. The van der Waals surface area contributed by atoms with E-state index in [1.54, 1.807) is 24.3 Å². The molecule has 2 aromatic carbocycles. The molecule has 88 valence electrons. The second kappa shape index (κ2) is 4.93. The number of rotatable bonds is 3. The Labute approximate surface area is 98.1 Å². The molecule has 4 heteroatoms. The molecular weight excluding hydrogens is 222 g/mol. The third-order valence-electron chi connectivity index (χ3n) is 2.37. The van der Waals surface area contributed by atoms with Gasteiger partial charge in [-0.05, 0) is 35.9 Å². The van der Waals surface area contributed by atoms with Crippen molar-refractivity contribution in [2.24, 2.45) is 5.73 Å². The molecule has 0 aliphatic rings. The van der Waals surface area contributed by atoms with Gasteiger partial charge in [-0.2, -0.15) is 0 Å². The molecule has 0 bridgehead atoms. The molecule has 2 nitrogen and oxygen atoms in total. The van der Waals surface area contributed by atoms with Crippen LogP contribution >= 0.6 is 0 Å². The summed E-state index contributed by atoms with van der Waals surface area (Å²) in [5, 5.41) is 2.81. The first-order chi connectivity index (χ1) is 8.19. The lowest BCUT2D eigenvalue weighted by atomic mass is 10.2. The minimum atomic E-state index is -0.405. The van der Waals surface area contributed by atoms with Crippen LogP contribution in [0.15, 0.2) is 42.5 Å². The highest BCUT2D eigenvalue weighted by Gasteiger charge is 2.03. The molecule has 0 heterocycles. The maximum atomic E-state index is 13.6. The number of halogens is 2. The molecule has 2 rings (SSSR count). The number of hydrogen-bond acceptors (Lipinski definition) is 2. The van der Waals surface area contributed by atoms with Crippen molar-refractivity contribution >= 4 is 11.4 Å². The van der Waals surface area contributed by atoms with Gasteiger partial charge in [-0.3, -0.25) is 0 Å². The highest BCUT2D eigenvalue weighted by atomic mass is 19.1. The minimum Gasteiger partial charge on any atom is -0.353 e. The average Bonchev–Trinajstić information content (AvgIpc) is 2.32. The molecule has 0 amide bonds. The van der Waals surface area contributed by atoms with Gasteiger partial charge in [0.1, 0.15) is 11.6 Å². The van der Waals surface area contributed by atoms with Crippen molar-refractivity contribution in [3.63, 3.8) is 0 Å². The van der Waals surface area contributed by atoms with Gasteiger partial charge in [0.15, 0.2) is 0 Å². The summed E-state index contributed by atoms with van der Waals surface area (Å²) in [5.74, 6) is -0.772. The van der Waals surface area contributed by atoms with E-state index in [2.05, 4.69) is 5.32 Å². The van der Waals surface area contributed by atoms with Crippen molar-refractivity contribution < 1.29 is 8.78 Å². The molecule has 0 aromatic heterocycles. The van der Waals surface area contributed by atoms with E-state index in [1.165, 1.54) is 18.2 Å². The van der Waals surface area contributed by atoms with E-state index in [9.17, 15) is 8.78 Å². The zero-order valence-corrected chi connectivity index (χ0v) is 9.08.